The molecule has 2 aromatic rings. The Bertz CT molecular complexity index is 705. The summed E-state index contributed by atoms with van der Waals surface area (Å²) in [5, 5.41) is 0. The SMILES string of the molecule is C=C(C)COc1ccc(-c2ccc(OC(=O)CC)cc2)c(F)c1. The Morgan fingerprint density at radius 1 is 1.13 bits per heavy atom. The number of hydrogen-bond acceptors (Lipinski definition) is 3. The van der Waals surface area contributed by atoms with Gasteiger partial charge in [0.15, 0.2) is 0 Å². The van der Waals surface area contributed by atoms with Crippen LogP contribution >= 0.6 is 0 Å². The first-order chi connectivity index (χ1) is 11.0. The molecule has 0 aromatic heterocycles. The summed E-state index contributed by atoms with van der Waals surface area (Å²) >= 11 is 0. The number of ether oxygens (including phenoxy) is 2. The lowest BCUT2D eigenvalue weighted by Crippen LogP contribution is -2.05. The Kier molecular flexibility index (Phi) is 5.52. The summed E-state index contributed by atoms with van der Waals surface area (Å²) in [6.45, 7) is 7.67. The largest absolute Gasteiger partial charge is 0.489 e. The van der Waals surface area contributed by atoms with Gasteiger partial charge in [0.25, 0.3) is 0 Å². The van der Waals surface area contributed by atoms with Crippen molar-refractivity contribution in [3.8, 4) is 22.6 Å². The van der Waals surface area contributed by atoms with Crippen LogP contribution in [0, 0.1) is 5.82 Å². The first-order valence-electron chi connectivity index (χ1n) is 7.37. The fourth-order valence-corrected chi connectivity index (χ4v) is 1.93. The van der Waals surface area contributed by atoms with Gasteiger partial charge in [-0.15, -0.1) is 0 Å². The fourth-order valence-electron chi connectivity index (χ4n) is 1.93. The zero-order valence-electron chi connectivity index (χ0n) is 13.3. The molecule has 0 aliphatic heterocycles. The van der Waals surface area contributed by atoms with Crippen molar-refractivity contribution in [3.63, 3.8) is 0 Å². The molecule has 23 heavy (non-hydrogen) atoms. The molecule has 0 spiro atoms. The molecule has 0 heterocycles. The third-order valence-electron chi connectivity index (χ3n) is 3.11. The molecule has 4 heteroatoms. The molecule has 0 amide bonds. The maximum Gasteiger partial charge on any atom is 0.310 e. The van der Waals surface area contributed by atoms with Crippen molar-refractivity contribution in [2.24, 2.45) is 0 Å². The molecule has 0 N–H and O–H groups in total. The standard InChI is InChI=1S/C19H19FO3/c1-4-19(21)23-15-7-5-14(6-8-15)17-10-9-16(11-18(17)20)22-12-13(2)3/h5-11H,2,4,12H2,1,3H3. The number of carbonyl (C=O) groups excluding carboxylic acids is 1. The lowest BCUT2D eigenvalue weighted by molar-refractivity contribution is -0.134. The second-order valence-corrected chi connectivity index (χ2v) is 5.24. The number of hydrogen-bond donors (Lipinski definition) is 0. The van der Waals surface area contributed by atoms with Gasteiger partial charge in [0.05, 0.1) is 0 Å². The van der Waals surface area contributed by atoms with E-state index in [9.17, 15) is 9.18 Å². The van der Waals surface area contributed by atoms with E-state index in [-0.39, 0.29) is 11.8 Å². The lowest BCUT2D eigenvalue weighted by atomic mass is 10.0. The quantitative estimate of drug-likeness (QED) is 0.438. The number of carbonyl (C=O) groups is 1. The van der Waals surface area contributed by atoms with Crippen LogP contribution in [0.2, 0.25) is 0 Å². The molecule has 120 valence electrons. The van der Waals surface area contributed by atoms with Gasteiger partial charge in [0.2, 0.25) is 0 Å². The van der Waals surface area contributed by atoms with E-state index in [1.54, 1.807) is 43.3 Å². The van der Waals surface area contributed by atoms with E-state index in [0.717, 1.165) is 5.57 Å². The Morgan fingerprint density at radius 3 is 2.35 bits per heavy atom. The molecule has 0 saturated carbocycles. The van der Waals surface area contributed by atoms with Gasteiger partial charge in [-0.1, -0.05) is 25.6 Å². The van der Waals surface area contributed by atoms with E-state index < -0.39 is 0 Å². The van der Waals surface area contributed by atoms with Gasteiger partial charge in [-0.25, -0.2) is 4.39 Å². The Labute approximate surface area is 135 Å². The minimum atomic E-state index is -0.373. The molecular weight excluding hydrogens is 295 g/mol. The second kappa shape index (κ2) is 7.58. The number of halogens is 1. The summed E-state index contributed by atoms with van der Waals surface area (Å²) in [5.41, 5.74) is 2.03. The molecule has 0 aliphatic rings. The van der Waals surface area contributed by atoms with Crippen LogP contribution in [0.4, 0.5) is 4.39 Å². The van der Waals surface area contributed by atoms with Crippen molar-refractivity contribution in [3.05, 3.63) is 60.4 Å². The minimum absolute atomic E-state index is 0.303. The monoisotopic (exact) mass is 314 g/mol. The maximum absolute atomic E-state index is 14.2. The van der Waals surface area contributed by atoms with E-state index in [0.29, 0.717) is 35.7 Å². The third-order valence-corrected chi connectivity index (χ3v) is 3.11. The van der Waals surface area contributed by atoms with Crippen LogP contribution in [0.5, 0.6) is 11.5 Å². The summed E-state index contributed by atoms with van der Waals surface area (Å²) in [5.74, 6) is 0.232. The summed E-state index contributed by atoms with van der Waals surface area (Å²) in [4.78, 5) is 11.2. The summed E-state index contributed by atoms with van der Waals surface area (Å²) in [6, 6.07) is 11.4. The predicted octanol–water partition coefficient (Wildman–Crippen LogP) is 4.76. The normalized spacial score (nSPS) is 10.2. The highest BCUT2D eigenvalue weighted by Gasteiger charge is 2.08. The van der Waals surface area contributed by atoms with Gasteiger partial charge in [-0.3, -0.25) is 4.79 Å². The van der Waals surface area contributed by atoms with Crippen LogP contribution in [0.15, 0.2) is 54.6 Å². The highest BCUT2D eigenvalue weighted by molar-refractivity contribution is 5.72. The van der Waals surface area contributed by atoms with Crippen LogP contribution in [-0.4, -0.2) is 12.6 Å². The highest BCUT2D eigenvalue weighted by atomic mass is 19.1. The molecule has 0 atom stereocenters. The molecule has 2 aromatic carbocycles. The topological polar surface area (TPSA) is 35.5 Å². The molecule has 2 rings (SSSR count). The van der Waals surface area contributed by atoms with Crippen molar-refractivity contribution in [2.45, 2.75) is 20.3 Å². The molecule has 0 aliphatic carbocycles. The third kappa shape index (κ3) is 4.68. The van der Waals surface area contributed by atoms with Crippen LogP contribution in [0.3, 0.4) is 0 Å². The Morgan fingerprint density at radius 2 is 1.78 bits per heavy atom. The van der Waals surface area contributed by atoms with Gasteiger partial charge >= 0.3 is 5.97 Å². The lowest BCUT2D eigenvalue weighted by Gasteiger charge is -2.09. The smallest absolute Gasteiger partial charge is 0.310 e. The highest BCUT2D eigenvalue weighted by Crippen LogP contribution is 2.28. The molecule has 0 radical (unpaired) electrons. The van der Waals surface area contributed by atoms with Gasteiger partial charge in [0.1, 0.15) is 23.9 Å². The molecule has 0 saturated heterocycles. The predicted molar refractivity (Wildman–Crippen MR) is 88.1 cm³/mol. The zero-order chi connectivity index (χ0) is 16.8. The van der Waals surface area contributed by atoms with E-state index in [1.165, 1.54) is 6.07 Å². The zero-order valence-corrected chi connectivity index (χ0v) is 13.3. The van der Waals surface area contributed by atoms with Crippen LogP contribution in [-0.2, 0) is 4.79 Å². The number of esters is 1. The molecule has 0 bridgehead atoms. The van der Waals surface area contributed by atoms with Crippen LogP contribution in [0.25, 0.3) is 11.1 Å². The molecule has 3 nitrogen and oxygen atoms in total. The number of rotatable bonds is 6. The van der Waals surface area contributed by atoms with E-state index in [4.69, 9.17) is 9.47 Å². The van der Waals surface area contributed by atoms with Crippen molar-refractivity contribution >= 4 is 5.97 Å². The van der Waals surface area contributed by atoms with Gasteiger partial charge in [-0.05, 0) is 42.3 Å². The van der Waals surface area contributed by atoms with Crippen LogP contribution < -0.4 is 9.47 Å². The van der Waals surface area contributed by atoms with E-state index in [2.05, 4.69) is 6.58 Å². The van der Waals surface area contributed by atoms with Crippen LogP contribution in [0.1, 0.15) is 20.3 Å². The van der Waals surface area contributed by atoms with Gasteiger partial charge < -0.3 is 9.47 Å². The summed E-state index contributed by atoms with van der Waals surface area (Å²) in [6.07, 6.45) is 0.308. The fraction of sp³-hybridized carbons (Fsp3) is 0.211. The minimum Gasteiger partial charge on any atom is -0.489 e. The first kappa shape index (κ1) is 16.7. The Balaban J connectivity index is 2.15. The van der Waals surface area contributed by atoms with Gasteiger partial charge in [-0.2, -0.15) is 0 Å². The van der Waals surface area contributed by atoms with Crippen molar-refractivity contribution in [1.82, 2.24) is 0 Å². The van der Waals surface area contributed by atoms with E-state index in [1.807, 2.05) is 6.92 Å². The first-order valence-corrected chi connectivity index (χ1v) is 7.37. The van der Waals surface area contributed by atoms with Crippen molar-refractivity contribution < 1.29 is 18.7 Å². The summed E-state index contributed by atoms with van der Waals surface area (Å²) in [7, 11) is 0. The average Bonchev–Trinajstić information content (AvgIpc) is 2.54. The van der Waals surface area contributed by atoms with Crippen molar-refractivity contribution in [1.29, 1.82) is 0 Å². The van der Waals surface area contributed by atoms with E-state index >= 15 is 0 Å². The number of benzene rings is 2. The van der Waals surface area contributed by atoms with Gasteiger partial charge in [0, 0.05) is 18.1 Å². The molecular formula is C19H19FO3. The Hall–Kier alpha value is -2.62. The summed E-state index contributed by atoms with van der Waals surface area (Å²) < 4.78 is 24.8. The second-order valence-electron chi connectivity index (χ2n) is 5.24. The molecule has 0 fully saturated rings. The maximum atomic E-state index is 14.2. The van der Waals surface area contributed by atoms with Crippen molar-refractivity contribution in [2.75, 3.05) is 6.61 Å². The average molecular weight is 314 g/mol. The molecule has 0 unspecified atom stereocenters.